The Morgan fingerprint density at radius 2 is 0.845 bits per heavy atom. The summed E-state index contributed by atoms with van der Waals surface area (Å²) >= 11 is 0. The molecule has 4 heteroatoms. The molecule has 10 aromatic rings. The molecule has 0 amide bonds. The van der Waals surface area contributed by atoms with Crippen LogP contribution in [0.25, 0.3) is 44.5 Å². The molecule has 3 heterocycles. The number of hydrogen-bond donors (Lipinski definition) is 0. The minimum absolute atomic E-state index is 0.00749. The second-order valence-corrected chi connectivity index (χ2v) is 20.4. The van der Waals surface area contributed by atoms with Gasteiger partial charge in [0.05, 0.1) is 5.54 Å². The molecule has 2 unspecified atom stereocenters. The fraction of sp³-hybridized carbons (Fsp3) is 0.104. The van der Waals surface area contributed by atoms with Crippen LogP contribution in [0.3, 0.4) is 0 Å². The van der Waals surface area contributed by atoms with Gasteiger partial charge in [-0.1, -0.05) is 201 Å². The Labute approximate surface area is 418 Å². The van der Waals surface area contributed by atoms with Gasteiger partial charge < -0.3 is 14.7 Å². The standard InChI is InChI=1S/C67H52BN3/c1-66-39-18-40-67(66,2)71(60-30-16-15-29-57(60)66)56-44-63-65-64(45-56)70(55-28-17-27-51(41-55)47-21-9-4-10-22-47)62-43-53(49-25-13-6-14-26-49)33-37-58(62)68(65)59-42-52(48-23-11-5-12-24-48)34-38-61(59)69(63)54-35-31-50(32-36-54)46-19-7-3-8-20-46/h3-17,19-38,41-45H,18,39-40H2,1-2H3. The van der Waals surface area contributed by atoms with Crippen LogP contribution in [0, 0.1) is 0 Å². The fourth-order valence-corrected chi connectivity index (χ4v) is 13.1. The number of hydrogen-bond acceptors (Lipinski definition) is 3. The van der Waals surface area contributed by atoms with Gasteiger partial charge in [0.15, 0.2) is 0 Å². The van der Waals surface area contributed by atoms with Crippen LogP contribution < -0.4 is 31.1 Å². The van der Waals surface area contributed by atoms with Crippen LogP contribution >= 0.6 is 0 Å². The lowest BCUT2D eigenvalue weighted by molar-refractivity contribution is 0.330. The third-order valence-corrected chi connectivity index (χ3v) is 16.7. The van der Waals surface area contributed by atoms with E-state index in [9.17, 15) is 0 Å². The van der Waals surface area contributed by atoms with E-state index in [4.69, 9.17) is 0 Å². The van der Waals surface area contributed by atoms with Crippen LogP contribution in [-0.4, -0.2) is 12.3 Å². The lowest BCUT2D eigenvalue weighted by Crippen LogP contribution is -2.61. The van der Waals surface area contributed by atoms with Crippen LogP contribution in [-0.2, 0) is 5.41 Å². The Morgan fingerprint density at radius 1 is 0.338 bits per heavy atom. The first-order chi connectivity index (χ1) is 34.9. The zero-order valence-electron chi connectivity index (χ0n) is 40.1. The van der Waals surface area contributed by atoms with Crippen molar-refractivity contribution in [3.8, 4) is 44.5 Å². The van der Waals surface area contributed by atoms with Gasteiger partial charge in [0.2, 0.25) is 0 Å². The lowest BCUT2D eigenvalue weighted by atomic mass is 9.33. The maximum absolute atomic E-state index is 2.75. The largest absolute Gasteiger partial charge is 0.334 e. The number of fused-ring (bicyclic) bond motifs is 7. The zero-order valence-corrected chi connectivity index (χ0v) is 40.1. The van der Waals surface area contributed by atoms with Crippen molar-refractivity contribution in [2.75, 3.05) is 14.7 Å². The predicted octanol–water partition coefficient (Wildman–Crippen LogP) is 15.8. The Kier molecular flexibility index (Phi) is 9.45. The van der Waals surface area contributed by atoms with Crippen molar-refractivity contribution in [3.63, 3.8) is 0 Å². The summed E-state index contributed by atoms with van der Waals surface area (Å²) in [6, 6.07) is 90.7. The van der Waals surface area contributed by atoms with Crippen molar-refractivity contribution in [2.45, 2.75) is 44.1 Å². The number of anilines is 8. The van der Waals surface area contributed by atoms with Gasteiger partial charge in [-0.3, -0.25) is 0 Å². The van der Waals surface area contributed by atoms with Crippen molar-refractivity contribution >= 4 is 68.6 Å². The molecule has 2 atom stereocenters. The van der Waals surface area contributed by atoms with E-state index in [0.29, 0.717) is 0 Å². The summed E-state index contributed by atoms with van der Waals surface area (Å²) in [4.78, 5) is 7.94. The van der Waals surface area contributed by atoms with Gasteiger partial charge in [0.25, 0.3) is 6.71 Å². The van der Waals surface area contributed by atoms with Gasteiger partial charge >= 0.3 is 0 Å². The average molecular weight is 910 g/mol. The molecule has 0 bridgehead atoms. The molecule has 338 valence electrons. The Morgan fingerprint density at radius 3 is 1.49 bits per heavy atom. The molecule has 0 N–H and O–H groups in total. The van der Waals surface area contributed by atoms with Gasteiger partial charge in [-0.2, -0.15) is 0 Å². The van der Waals surface area contributed by atoms with E-state index in [2.05, 4.69) is 271 Å². The summed E-state index contributed by atoms with van der Waals surface area (Å²) < 4.78 is 0. The molecule has 71 heavy (non-hydrogen) atoms. The van der Waals surface area contributed by atoms with E-state index < -0.39 is 0 Å². The monoisotopic (exact) mass is 909 g/mol. The summed E-state index contributed by atoms with van der Waals surface area (Å²) in [5, 5.41) is 0. The van der Waals surface area contributed by atoms with Gasteiger partial charge in [-0.05, 0) is 141 Å². The Hall–Kier alpha value is -8.34. The molecule has 0 saturated heterocycles. The Balaban J connectivity index is 1.09. The van der Waals surface area contributed by atoms with Crippen molar-refractivity contribution < 1.29 is 0 Å². The van der Waals surface area contributed by atoms with Crippen LogP contribution in [0.4, 0.5) is 45.5 Å². The molecule has 3 aliphatic heterocycles. The highest BCUT2D eigenvalue weighted by Crippen LogP contribution is 2.63. The summed E-state index contributed by atoms with van der Waals surface area (Å²) in [5.74, 6) is 0. The second-order valence-electron chi connectivity index (χ2n) is 20.4. The zero-order chi connectivity index (χ0) is 47.3. The van der Waals surface area contributed by atoms with Crippen molar-refractivity contribution in [3.05, 3.63) is 248 Å². The highest BCUT2D eigenvalue weighted by molar-refractivity contribution is 7.00. The van der Waals surface area contributed by atoms with E-state index in [1.165, 1.54) is 113 Å². The molecule has 3 nitrogen and oxygen atoms in total. The van der Waals surface area contributed by atoms with Gasteiger partial charge in [0.1, 0.15) is 0 Å². The summed E-state index contributed by atoms with van der Waals surface area (Å²) in [6.45, 7) is 5.01. The fourth-order valence-electron chi connectivity index (χ4n) is 13.1. The average Bonchev–Trinajstić information content (AvgIpc) is 3.85. The first-order valence-electron chi connectivity index (χ1n) is 25.3. The van der Waals surface area contributed by atoms with E-state index >= 15 is 0 Å². The van der Waals surface area contributed by atoms with Crippen LogP contribution in [0.1, 0.15) is 38.7 Å². The van der Waals surface area contributed by atoms with E-state index in [1.54, 1.807) is 0 Å². The summed E-state index contributed by atoms with van der Waals surface area (Å²) in [7, 11) is 0. The summed E-state index contributed by atoms with van der Waals surface area (Å²) in [6.07, 6.45) is 3.49. The second kappa shape index (κ2) is 16.1. The van der Waals surface area contributed by atoms with Gasteiger partial charge in [-0.25, -0.2) is 0 Å². The molecule has 1 fully saturated rings. The molecule has 0 spiro atoms. The SMILES string of the molecule is CC12CCCC1(C)N(c1cc3c4c(c1)N(c1cccc(-c5ccccc5)c1)c1cc(-c5ccccc5)ccc1B4c1cc(-c4ccccc4)ccc1N3c1ccc(-c3ccccc3)cc1)c1ccccc12. The molecular weight excluding hydrogens is 858 g/mol. The first kappa shape index (κ1) is 41.6. The van der Waals surface area contributed by atoms with Gasteiger partial charge in [0, 0.05) is 50.9 Å². The number of rotatable bonds is 7. The molecule has 0 aromatic heterocycles. The Bertz CT molecular complexity index is 3670. The van der Waals surface area contributed by atoms with Crippen molar-refractivity contribution in [1.29, 1.82) is 0 Å². The van der Waals surface area contributed by atoms with Crippen LogP contribution in [0.15, 0.2) is 243 Å². The quantitative estimate of drug-likeness (QED) is 0.148. The lowest BCUT2D eigenvalue weighted by Gasteiger charge is -2.47. The molecule has 14 rings (SSSR count). The van der Waals surface area contributed by atoms with E-state index in [1.807, 2.05) is 0 Å². The molecule has 1 saturated carbocycles. The van der Waals surface area contributed by atoms with Crippen molar-refractivity contribution in [1.82, 2.24) is 0 Å². The topological polar surface area (TPSA) is 9.72 Å². The molecule has 4 aliphatic rings. The maximum Gasteiger partial charge on any atom is 0.252 e. The first-order valence-corrected chi connectivity index (χ1v) is 25.3. The highest BCUT2D eigenvalue weighted by atomic mass is 15.3. The number of nitrogens with zero attached hydrogens (tertiary/aromatic N) is 3. The van der Waals surface area contributed by atoms with E-state index in [0.717, 1.165) is 17.8 Å². The minimum atomic E-state index is -0.124. The van der Waals surface area contributed by atoms with Crippen LogP contribution in [0.2, 0.25) is 0 Å². The van der Waals surface area contributed by atoms with Crippen molar-refractivity contribution in [2.24, 2.45) is 0 Å². The van der Waals surface area contributed by atoms with Crippen LogP contribution in [0.5, 0.6) is 0 Å². The molecule has 10 aromatic carbocycles. The summed E-state index contributed by atoms with van der Waals surface area (Å²) in [5.41, 5.74) is 24.5. The van der Waals surface area contributed by atoms with E-state index in [-0.39, 0.29) is 17.7 Å². The molecule has 1 aliphatic carbocycles. The molecule has 0 radical (unpaired) electrons. The smallest absolute Gasteiger partial charge is 0.252 e. The highest BCUT2D eigenvalue weighted by Gasteiger charge is 2.59. The van der Waals surface area contributed by atoms with Gasteiger partial charge in [-0.15, -0.1) is 0 Å². The minimum Gasteiger partial charge on any atom is -0.334 e. The predicted molar refractivity (Wildman–Crippen MR) is 300 cm³/mol. The third-order valence-electron chi connectivity index (χ3n) is 16.7. The number of para-hydroxylation sites is 1. The third kappa shape index (κ3) is 6.37. The maximum atomic E-state index is 2.75. The normalized spacial score (nSPS) is 18.1. The molecular formula is C67H52BN3. The number of benzene rings is 10.